The van der Waals surface area contributed by atoms with Gasteiger partial charge in [0.2, 0.25) is 0 Å². The van der Waals surface area contributed by atoms with Crippen LogP contribution in [0.5, 0.6) is 0 Å². The summed E-state index contributed by atoms with van der Waals surface area (Å²) in [6, 6.07) is 5.81. The van der Waals surface area contributed by atoms with Crippen molar-refractivity contribution in [2.24, 2.45) is 0 Å². The van der Waals surface area contributed by atoms with Crippen LogP contribution >= 0.6 is 0 Å². The van der Waals surface area contributed by atoms with Crippen molar-refractivity contribution < 1.29 is 22.8 Å². The van der Waals surface area contributed by atoms with Gasteiger partial charge in [-0.25, -0.2) is 8.78 Å². The maximum absolute atomic E-state index is 13.2. The molecule has 5 nitrogen and oxygen atoms in total. The van der Waals surface area contributed by atoms with Crippen LogP contribution in [-0.4, -0.2) is 35.8 Å². The van der Waals surface area contributed by atoms with Crippen LogP contribution in [0.25, 0.3) is 0 Å². The zero-order valence-electron chi connectivity index (χ0n) is 12.8. The zero-order chi connectivity index (χ0) is 17.1. The molecule has 2 amide bonds. The largest absolute Gasteiger partial charge is 0.459 e. The number of nitrogens with one attached hydrogen (secondary N) is 1. The van der Waals surface area contributed by atoms with Crippen molar-refractivity contribution in [3.05, 3.63) is 59.6 Å². The molecule has 24 heavy (non-hydrogen) atoms. The van der Waals surface area contributed by atoms with Crippen LogP contribution in [-0.2, 0) is 0 Å². The molecule has 2 aromatic rings. The van der Waals surface area contributed by atoms with Crippen molar-refractivity contribution in [1.29, 1.82) is 0 Å². The topological polar surface area (TPSA) is 62.6 Å². The fourth-order valence-electron chi connectivity index (χ4n) is 2.74. The molecule has 1 N–H and O–H groups in total. The van der Waals surface area contributed by atoms with Crippen molar-refractivity contribution >= 4 is 11.8 Å². The lowest BCUT2D eigenvalue weighted by molar-refractivity contribution is 0.0667. The minimum Gasteiger partial charge on any atom is -0.459 e. The Balaban J connectivity index is 1.55. The number of benzene rings is 1. The van der Waals surface area contributed by atoms with E-state index in [4.69, 9.17) is 4.42 Å². The summed E-state index contributed by atoms with van der Waals surface area (Å²) < 4.78 is 31.4. The molecule has 0 saturated carbocycles. The summed E-state index contributed by atoms with van der Waals surface area (Å²) in [6.07, 6.45) is 2.57. The van der Waals surface area contributed by atoms with Gasteiger partial charge in [0.25, 0.3) is 11.8 Å². The highest BCUT2D eigenvalue weighted by Gasteiger charge is 2.26. The van der Waals surface area contributed by atoms with Crippen LogP contribution in [0, 0.1) is 11.6 Å². The predicted octanol–water partition coefficient (Wildman–Crippen LogP) is 2.59. The summed E-state index contributed by atoms with van der Waals surface area (Å²) in [5.74, 6) is -2.01. The van der Waals surface area contributed by atoms with Crippen LogP contribution < -0.4 is 5.32 Å². The Morgan fingerprint density at radius 1 is 1.12 bits per heavy atom. The van der Waals surface area contributed by atoms with Gasteiger partial charge in [0.1, 0.15) is 11.6 Å². The van der Waals surface area contributed by atoms with E-state index in [-0.39, 0.29) is 23.3 Å². The lowest BCUT2D eigenvalue weighted by atomic mass is 10.0. The van der Waals surface area contributed by atoms with Gasteiger partial charge in [-0.3, -0.25) is 9.59 Å². The van der Waals surface area contributed by atoms with E-state index in [0.29, 0.717) is 25.9 Å². The number of piperidine rings is 1. The van der Waals surface area contributed by atoms with E-state index in [0.717, 1.165) is 18.2 Å². The number of amides is 2. The van der Waals surface area contributed by atoms with Crippen LogP contribution in [0.4, 0.5) is 8.78 Å². The summed E-state index contributed by atoms with van der Waals surface area (Å²) in [6.45, 7) is 0.948. The fourth-order valence-corrected chi connectivity index (χ4v) is 2.74. The molecule has 3 rings (SSSR count). The maximum atomic E-state index is 13.2. The molecule has 0 atom stereocenters. The third kappa shape index (κ3) is 3.61. The average Bonchev–Trinajstić information content (AvgIpc) is 3.08. The number of carbonyl (C=O) groups is 2. The fraction of sp³-hybridized carbons (Fsp3) is 0.294. The monoisotopic (exact) mass is 334 g/mol. The number of hydrogen-bond acceptors (Lipinski definition) is 3. The van der Waals surface area contributed by atoms with Crippen molar-refractivity contribution in [2.45, 2.75) is 18.9 Å². The Hall–Kier alpha value is -2.70. The van der Waals surface area contributed by atoms with E-state index >= 15 is 0 Å². The molecule has 1 aromatic heterocycles. The molecule has 0 spiro atoms. The third-order valence-electron chi connectivity index (χ3n) is 3.97. The highest BCUT2D eigenvalue weighted by molar-refractivity contribution is 5.94. The zero-order valence-corrected chi connectivity index (χ0v) is 12.8. The Morgan fingerprint density at radius 2 is 1.79 bits per heavy atom. The molecule has 1 aliphatic rings. The third-order valence-corrected chi connectivity index (χ3v) is 3.97. The van der Waals surface area contributed by atoms with Crippen LogP contribution in [0.2, 0.25) is 0 Å². The van der Waals surface area contributed by atoms with Gasteiger partial charge in [-0.2, -0.15) is 0 Å². The van der Waals surface area contributed by atoms with Gasteiger partial charge in [-0.05, 0) is 37.1 Å². The molecule has 0 aliphatic carbocycles. The molecule has 0 bridgehead atoms. The van der Waals surface area contributed by atoms with Gasteiger partial charge >= 0.3 is 0 Å². The number of halogens is 2. The molecular weight excluding hydrogens is 318 g/mol. The highest BCUT2D eigenvalue weighted by Crippen LogP contribution is 2.15. The first-order valence-electron chi connectivity index (χ1n) is 7.62. The highest BCUT2D eigenvalue weighted by atomic mass is 19.1. The van der Waals surface area contributed by atoms with E-state index < -0.39 is 17.5 Å². The number of rotatable bonds is 3. The standard InChI is InChI=1S/C17H16F2N2O3/c18-12-8-11(9-13(19)10-12)16(22)20-14-3-5-21(6-4-14)17(23)15-2-1-7-24-15/h1-2,7-10,14H,3-6H2,(H,20,22). The SMILES string of the molecule is O=C(NC1CCN(C(=O)c2ccco2)CC1)c1cc(F)cc(F)c1. The average molecular weight is 334 g/mol. The van der Waals surface area contributed by atoms with Gasteiger partial charge in [0, 0.05) is 30.8 Å². The molecule has 1 fully saturated rings. The first-order chi connectivity index (χ1) is 11.5. The molecule has 1 aliphatic heterocycles. The second-order valence-electron chi connectivity index (χ2n) is 5.68. The smallest absolute Gasteiger partial charge is 0.289 e. The first kappa shape index (κ1) is 16.2. The second kappa shape index (κ2) is 6.82. The van der Waals surface area contributed by atoms with Crippen LogP contribution in [0.15, 0.2) is 41.0 Å². The van der Waals surface area contributed by atoms with Gasteiger partial charge in [-0.1, -0.05) is 0 Å². The normalized spacial score (nSPS) is 15.3. The van der Waals surface area contributed by atoms with Gasteiger partial charge in [0.05, 0.1) is 6.26 Å². The summed E-state index contributed by atoms with van der Waals surface area (Å²) in [4.78, 5) is 25.9. The molecule has 126 valence electrons. The van der Waals surface area contributed by atoms with Crippen LogP contribution in [0.1, 0.15) is 33.8 Å². The molecule has 1 aromatic carbocycles. The molecule has 1 saturated heterocycles. The number of hydrogen-bond donors (Lipinski definition) is 1. The number of likely N-dealkylation sites (tertiary alicyclic amines) is 1. The van der Waals surface area contributed by atoms with E-state index in [1.807, 2.05) is 0 Å². The summed E-state index contributed by atoms with van der Waals surface area (Å²) in [5, 5.41) is 2.75. The van der Waals surface area contributed by atoms with Crippen molar-refractivity contribution in [3.8, 4) is 0 Å². The lowest BCUT2D eigenvalue weighted by Gasteiger charge is -2.31. The van der Waals surface area contributed by atoms with Crippen molar-refractivity contribution in [1.82, 2.24) is 10.2 Å². The van der Waals surface area contributed by atoms with Crippen LogP contribution in [0.3, 0.4) is 0 Å². The molecular formula is C17H16F2N2O3. The Bertz CT molecular complexity index is 718. The van der Waals surface area contributed by atoms with E-state index in [1.54, 1.807) is 17.0 Å². The summed E-state index contributed by atoms with van der Waals surface area (Å²) >= 11 is 0. The van der Waals surface area contributed by atoms with Gasteiger partial charge < -0.3 is 14.6 Å². The van der Waals surface area contributed by atoms with Crippen molar-refractivity contribution in [3.63, 3.8) is 0 Å². The molecule has 0 radical (unpaired) electrons. The number of furan rings is 1. The summed E-state index contributed by atoms with van der Waals surface area (Å²) in [5.41, 5.74) is -0.0541. The minimum atomic E-state index is -0.793. The Morgan fingerprint density at radius 3 is 2.38 bits per heavy atom. The maximum Gasteiger partial charge on any atom is 0.289 e. The summed E-state index contributed by atoms with van der Waals surface area (Å²) in [7, 11) is 0. The Labute approximate surface area is 137 Å². The number of nitrogens with zero attached hydrogens (tertiary/aromatic N) is 1. The Kier molecular flexibility index (Phi) is 4.59. The second-order valence-corrected chi connectivity index (χ2v) is 5.68. The van der Waals surface area contributed by atoms with E-state index in [9.17, 15) is 18.4 Å². The number of carbonyl (C=O) groups excluding carboxylic acids is 2. The van der Waals surface area contributed by atoms with Crippen molar-refractivity contribution in [2.75, 3.05) is 13.1 Å². The molecule has 7 heteroatoms. The van der Waals surface area contributed by atoms with E-state index in [2.05, 4.69) is 5.32 Å². The predicted molar refractivity (Wildman–Crippen MR) is 81.5 cm³/mol. The first-order valence-corrected chi connectivity index (χ1v) is 7.62. The minimum absolute atomic E-state index is 0.0541. The molecule has 2 heterocycles. The quantitative estimate of drug-likeness (QED) is 0.938. The lowest BCUT2D eigenvalue weighted by Crippen LogP contribution is -2.46. The molecule has 0 unspecified atom stereocenters. The van der Waals surface area contributed by atoms with Gasteiger partial charge in [-0.15, -0.1) is 0 Å². The van der Waals surface area contributed by atoms with E-state index in [1.165, 1.54) is 6.26 Å². The van der Waals surface area contributed by atoms with Gasteiger partial charge in [0.15, 0.2) is 5.76 Å².